The number of nitrogens with one attached hydrogen (secondary N) is 1. The van der Waals surface area contributed by atoms with Crippen LogP contribution >= 0.6 is 0 Å². The van der Waals surface area contributed by atoms with Crippen molar-refractivity contribution in [2.75, 3.05) is 13.1 Å². The summed E-state index contributed by atoms with van der Waals surface area (Å²) in [6.45, 7) is 1.87. The number of aromatic hydroxyl groups is 2. The Bertz CT molecular complexity index is 306. The summed E-state index contributed by atoms with van der Waals surface area (Å²) in [6, 6.07) is 4.69. The van der Waals surface area contributed by atoms with Crippen LogP contribution in [0, 0.1) is 0 Å². The Labute approximate surface area is 77.0 Å². The van der Waals surface area contributed by atoms with Gasteiger partial charge in [0.05, 0.1) is 0 Å². The van der Waals surface area contributed by atoms with Gasteiger partial charge in [-0.15, -0.1) is 0 Å². The molecule has 1 heterocycles. The molecule has 0 bridgehead atoms. The first-order valence-electron chi connectivity index (χ1n) is 4.50. The monoisotopic (exact) mass is 179 g/mol. The van der Waals surface area contributed by atoms with E-state index in [2.05, 4.69) is 5.32 Å². The number of hydrogen-bond acceptors (Lipinski definition) is 3. The molecular weight excluding hydrogens is 166 g/mol. The Hall–Kier alpha value is -1.22. The molecule has 1 fully saturated rings. The van der Waals surface area contributed by atoms with Gasteiger partial charge in [-0.05, 0) is 31.2 Å². The Morgan fingerprint density at radius 3 is 2.85 bits per heavy atom. The number of rotatable bonds is 1. The van der Waals surface area contributed by atoms with Crippen LogP contribution in [-0.2, 0) is 0 Å². The molecule has 0 saturated carbocycles. The normalized spacial score (nSPS) is 22.0. The molecule has 3 nitrogen and oxygen atoms in total. The Balaban J connectivity index is 2.32. The minimum absolute atomic E-state index is 0.222. The average Bonchev–Trinajstić information content (AvgIpc) is 2.61. The Morgan fingerprint density at radius 2 is 2.15 bits per heavy atom. The van der Waals surface area contributed by atoms with Gasteiger partial charge >= 0.3 is 0 Å². The Morgan fingerprint density at radius 1 is 1.31 bits per heavy atom. The van der Waals surface area contributed by atoms with Gasteiger partial charge in [0, 0.05) is 18.0 Å². The van der Waals surface area contributed by atoms with Crippen molar-refractivity contribution in [2.24, 2.45) is 0 Å². The van der Waals surface area contributed by atoms with E-state index in [9.17, 15) is 10.2 Å². The van der Waals surface area contributed by atoms with Crippen LogP contribution in [0.25, 0.3) is 0 Å². The fourth-order valence-electron chi connectivity index (χ4n) is 1.79. The second kappa shape index (κ2) is 3.26. The molecule has 1 aliphatic heterocycles. The van der Waals surface area contributed by atoms with E-state index < -0.39 is 0 Å². The highest BCUT2D eigenvalue weighted by Gasteiger charge is 2.19. The van der Waals surface area contributed by atoms with Crippen LogP contribution in [0.4, 0.5) is 0 Å². The molecule has 1 aliphatic rings. The predicted octanol–water partition coefficient (Wildman–Crippen LogP) is 1.17. The quantitative estimate of drug-likeness (QED) is 0.567. The SMILES string of the molecule is Oc1ccc(O)c(C2CCNC2)c1. The van der Waals surface area contributed by atoms with E-state index in [0.717, 1.165) is 25.1 Å². The molecule has 1 aromatic rings. The van der Waals surface area contributed by atoms with Crippen LogP contribution in [0.15, 0.2) is 18.2 Å². The first-order chi connectivity index (χ1) is 6.27. The molecule has 3 heteroatoms. The highest BCUT2D eigenvalue weighted by atomic mass is 16.3. The zero-order valence-corrected chi connectivity index (χ0v) is 7.33. The Kier molecular flexibility index (Phi) is 2.10. The van der Waals surface area contributed by atoms with Gasteiger partial charge in [-0.25, -0.2) is 0 Å². The van der Waals surface area contributed by atoms with Gasteiger partial charge in [0.15, 0.2) is 0 Å². The van der Waals surface area contributed by atoms with Crippen molar-refractivity contribution in [2.45, 2.75) is 12.3 Å². The summed E-state index contributed by atoms with van der Waals surface area (Å²) in [7, 11) is 0. The first kappa shape index (κ1) is 8.38. The summed E-state index contributed by atoms with van der Waals surface area (Å²) in [6.07, 6.45) is 1.02. The van der Waals surface area contributed by atoms with Crippen molar-refractivity contribution in [3.05, 3.63) is 23.8 Å². The van der Waals surface area contributed by atoms with Crippen molar-refractivity contribution in [3.63, 3.8) is 0 Å². The van der Waals surface area contributed by atoms with Crippen LogP contribution in [0.1, 0.15) is 17.9 Å². The molecule has 1 unspecified atom stereocenters. The minimum Gasteiger partial charge on any atom is -0.508 e. The molecule has 0 radical (unpaired) electrons. The lowest BCUT2D eigenvalue weighted by Gasteiger charge is -2.10. The van der Waals surface area contributed by atoms with Gasteiger partial charge in [0.2, 0.25) is 0 Å². The third-order valence-electron chi connectivity index (χ3n) is 2.51. The average molecular weight is 179 g/mol. The summed E-state index contributed by atoms with van der Waals surface area (Å²) in [5.41, 5.74) is 0.852. The van der Waals surface area contributed by atoms with E-state index >= 15 is 0 Å². The lowest BCUT2D eigenvalue weighted by Crippen LogP contribution is -2.07. The molecule has 2 rings (SSSR count). The number of benzene rings is 1. The van der Waals surface area contributed by atoms with E-state index in [-0.39, 0.29) is 11.5 Å². The van der Waals surface area contributed by atoms with Crippen LogP contribution in [0.3, 0.4) is 0 Å². The third-order valence-corrected chi connectivity index (χ3v) is 2.51. The third kappa shape index (κ3) is 1.60. The van der Waals surface area contributed by atoms with Gasteiger partial charge in [-0.1, -0.05) is 0 Å². The van der Waals surface area contributed by atoms with Crippen LogP contribution in [0.2, 0.25) is 0 Å². The van der Waals surface area contributed by atoms with Gasteiger partial charge < -0.3 is 15.5 Å². The fraction of sp³-hybridized carbons (Fsp3) is 0.400. The maximum atomic E-state index is 9.56. The van der Waals surface area contributed by atoms with E-state index in [4.69, 9.17) is 0 Å². The summed E-state index contributed by atoms with van der Waals surface area (Å²) in [4.78, 5) is 0. The van der Waals surface area contributed by atoms with E-state index in [0.29, 0.717) is 5.92 Å². The van der Waals surface area contributed by atoms with Crippen molar-refractivity contribution in [3.8, 4) is 11.5 Å². The second-order valence-corrected chi connectivity index (χ2v) is 3.43. The van der Waals surface area contributed by atoms with Gasteiger partial charge in [-0.2, -0.15) is 0 Å². The zero-order valence-electron chi connectivity index (χ0n) is 7.33. The second-order valence-electron chi connectivity index (χ2n) is 3.43. The smallest absolute Gasteiger partial charge is 0.119 e. The highest BCUT2D eigenvalue weighted by Crippen LogP contribution is 2.32. The summed E-state index contributed by atoms with van der Waals surface area (Å²) in [5, 5.41) is 22.0. The molecule has 1 atom stereocenters. The summed E-state index contributed by atoms with van der Waals surface area (Å²) < 4.78 is 0. The van der Waals surface area contributed by atoms with Crippen molar-refractivity contribution in [1.82, 2.24) is 5.32 Å². The number of hydrogen-bond donors (Lipinski definition) is 3. The minimum atomic E-state index is 0.222. The van der Waals surface area contributed by atoms with Crippen LogP contribution in [-0.4, -0.2) is 23.3 Å². The molecule has 1 aromatic carbocycles. The van der Waals surface area contributed by atoms with Crippen molar-refractivity contribution >= 4 is 0 Å². The maximum absolute atomic E-state index is 9.56. The summed E-state index contributed by atoms with van der Waals surface area (Å²) in [5.74, 6) is 0.846. The number of phenols is 2. The van der Waals surface area contributed by atoms with Crippen molar-refractivity contribution in [1.29, 1.82) is 0 Å². The molecule has 0 amide bonds. The zero-order chi connectivity index (χ0) is 9.26. The number of phenolic OH excluding ortho intramolecular Hbond substituents is 2. The van der Waals surface area contributed by atoms with E-state index in [1.165, 1.54) is 6.07 Å². The standard InChI is InChI=1S/C10H13NO2/c12-8-1-2-10(13)9(5-8)7-3-4-11-6-7/h1-2,5,7,11-13H,3-4,6H2. The van der Waals surface area contributed by atoms with Crippen LogP contribution < -0.4 is 5.32 Å². The van der Waals surface area contributed by atoms with E-state index in [1.807, 2.05) is 0 Å². The lowest BCUT2D eigenvalue weighted by molar-refractivity contribution is 0.449. The van der Waals surface area contributed by atoms with Gasteiger partial charge in [-0.3, -0.25) is 0 Å². The summed E-state index contributed by atoms with van der Waals surface area (Å²) >= 11 is 0. The maximum Gasteiger partial charge on any atom is 0.119 e. The molecule has 3 N–H and O–H groups in total. The topological polar surface area (TPSA) is 52.5 Å². The molecule has 1 saturated heterocycles. The molecule has 0 aromatic heterocycles. The lowest BCUT2D eigenvalue weighted by atomic mass is 9.97. The van der Waals surface area contributed by atoms with Gasteiger partial charge in [0.1, 0.15) is 11.5 Å². The highest BCUT2D eigenvalue weighted by molar-refractivity contribution is 5.41. The molecule has 70 valence electrons. The predicted molar refractivity (Wildman–Crippen MR) is 50.0 cm³/mol. The molecular formula is C10H13NO2. The molecule has 13 heavy (non-hydrogen) atoms. The van der Waals surface area contributed by atoms with Crippen LogP contribution in [0.5, 0.6) is 11.5 Å². The van der Waals surface area contributed by atoms with Gasteiger partial charge in [0.25, 0.3) is 0 Å². The fourth-order valence-corrected chi connectivity index (χ4v) is 1.79. The van der Waals surface area contributed by atoms with Crippen molar-refractivity contribution < 1.29 is 10.2 Å². The molecule has 0 spiro atoms. The first-order valence-corrected chi connectivity index (χ1v) is 4.50. The van der Waals surface area contributed by atoms with E-state index in [1.54, 1.807) is 12.1 Å². The largest absolute Gasteiger partial charge is 0.508 e. The molecule has 0 aliphatic carbocycles.